The summed E-state index contributed by atoms with van der Waals surface area (Å²) < 4.78 is 0. The molecule has 0 bridgehead atoms. The highest BCUT2D eigenvalue weighted by molar-refractivity contribution is 5.41. The zero-order valence-corrected chi connectivity index (χ0v) is 14.6. The van der Waals surface area contributed by atoms with Gasteiger partial charge in [0.05, 0.1) is 0 Å². The number of nitrogens with one attached hydrogen (secondary N) is 1. The summed E-state index contributed by atoms with van der Waals surface area (Å²) in [5, 5.41) is 0. The molecular formula is C19H32N2. The third kappa shape index (κ3) is 4.98. The second-order valence-electron chi connectivity index (χ2n) is 7.21. The number of hydrazine groups is 1. The van der Waals surface area contributed by atoms with Gasteiger partial charge >= 0.3 is 0 Å². The average Bonchev–Trinajstić information content (AvgIpc) is 2.39. The minimum atomic E-state index is 0.191. The molecule has 0 heterocycles. The van der Waals surface area contributed by atoms with Crippen LogP contribution in [0, 0.1) is 13.8 Å². The molecule has 2 heteroatoms. The lowest BCUT2D eigenvalue weighted by molar-refractivity contribution is 0.514. The molecule has 0 aliphatic heterocycles. The second kappa shape index (κ2) is 7.24. The van der Waals surface area contributed by atoms with E-state index in [2.05, 4.69) is 65.7 Å². The predicted octanol–water partition coefficient (Wildman–Crippen LogP) is 4.33. The highest BCUT2D eigenvalue weighted by atomic mass is 15.2. The fourth-order valence-corrected chi connectivity index (χ4v) is 2.68. The van der Waals surface area contributed by atoms with Crippen molar-refractivity contribution in [3.63, 3.8) is 0 Å². The van der Waals surface area contributed by atoms with Gasteiger partial charge in [-0.25, -0.2) is 0 Å². The van der Waals surface area contributed by atoms with Gasteiger partial charge in [0.15, 0.2) is 0 Å². The highest BCUT2D eigenvalue weighted by Gasteiger charge is 2.18. The molecule has 0 amide bonds. The lowest BCUT2D eigenvalue weighted by Gasteiger charge is -2.24. The normalized spacial score (nSPS) is 13.3. The van der Waals surface area contributed by atoms with Crippen LogP contribution in [-0.2, 0) is 11.8 Å². The second-order valence-corrected chi connectivity index (χ2v) is 7.21. The van der Waals surface area contributed by atoms with Crippen molar-refractivity contribution in [3.8, 4) is 0 Å². The molecule has 0 saturated carbocycles. The molecular weight excluding hydrogens is 256 g/mol. The molecule has 0 saturated heterocycles. The Bertz CT molecular complexity index is 472. The van der Waals surface area contributed by atoms with E-state index in [-0.39, 0.29) is 11.5 Å². The Hall–Kier alpha value is -1.12. The van der Waals surface area contributed by atoms with Crippen molar-refractivity contribution in [2.75, 3.05) is 0 Å². The lowest BCUT2D eigenvalue weighted by Crippen LogP contribution is -2.37. The Morgan fingerprint density at radius 2 is 1.76 bits per heavy atom. The molecule has 0 aliphatic rings. The Balaban J connectivity index is 3.00. The summed E-state index contributed by atoms with van der Waals surface area (Å²) in [6, 6.07) is 4.91. The van der Waals surface area contributed by atoms with Crippen LogP contribution in [0.2, 0.25) is 0 Å². The summed E-state index contributed by atoms with van der Waals surface area (Å²) in [6.07, 6.45) is 2.91. The Kier molecular flexibility index (Phi) is 6.18. The molecule has 1 aromatic carbocycles. The number of rotatable bonds is 6. The fraction of sp³-hybridized carbons (Fsp3) is 0.579. The molecule has 1 aromatic rings. The smallest absolute Gasteiger partial charge is 0.0288 e. The predicted molar refractivity (Wildman–Crippen MR) is 93.5 cm³/mol. The van der Waals surface area contributed by atoms with Crippen LogP contribution in [0.4, 0.5) is 0 Å². The molecule has 1 unspecified atom stereocenters. The standard InChI is InChI=1S/C19H32N2/c1-8-13(2)9-17(21-20)12-18-14(3)10-16(11-15(18)4)19(5,6)7/h10-11,17,21H,2,8-9,12,20H2,1,3-7H3. The first-order valence-electron chi connectivity index (χ1n) is 7.92. The first-order valence-corrected chi connectivity index (χ1v) is 7.92. The summed E-state index contributed by atoms with van der Waals surface area (Å²) in [4.78, 5) is 0. The van der Waals surface area contributed by atoms with Gasteiger partial charge in [0, 0.05) is 6.04 Å². The van der Waals surface area contributed by atoms with Crippen LogP contribution in [0.15, 0.2) is 24.3 Å². The molecule has 118 valence electrons. The zero-order chi connectivity index (χ0) is 16.2. The quantitative estimate of drug-likeness (QED) is 0.464. The minimum absolute atomic E-state index is 0.191. The van der Waals surface area contributed by atoms with E-state index < -0.39 is 0 Å². The van der Waals surface area contributed by atoms with Crippen molar-refractivity contribution in [2.45, 2.75) is 72.3 Å². The Labute approximate surface area is 130 Å². The van der Waals surface area contributed by atoms with E-state index >= 15 is 0 Å². The van der Waals surface area contributed by atoms with Gasteiger partial charge in [-0.2, -0.15) is 0 Å². The molecule has 0 spiro atoms. The molecule has 1 rings (SSSR count). The van der Waals surface area contributed by atoms with Gasteiger partial charge in [-0.15, -0.1) is 0 Å². The summed E-state index contributed by atoms with van der Waals surface area (Å²) in [5.74, 6) is 5.73. The third-order valence-corrected chi connectivity index (χ3v) is 4.28. The SMILES string of the molecule is C=C(CC)CC(Cc1c(C)cc(C(C)(C)C)cc1C)NN. The fourth-order valence-electron chi connectivity index (χ4n) is 2.68. The molecule has 1 atom stereocenters. The maximum absolute atomic E-state index is 5.73. The van der Waals surface area contributed by atoms with Crippen molar-refractivity contribution in [2.24, 2.45) is 5.84 Å². The number of hydrogen-bond acceptors (Lipinski definition) is 2. The molecule has 0 fully saturated rings. The number of hydrogen-bond donors (Lipinski definition) is 2. The van der Waals surface area contributed by atoms with E-state index in [0.717, 1.165) is 19.3 Å². The average molecular weight is 288 g/mol. The van der Waals surface area contributed by atoms with Crippen LogP contribution < -0.4 is 11.3 Å². The van der Waals surface area contributed by atoms with Crippen molar-refractivity contribution in [1.29, 1.82) is 0 Å². The monoisotopic (exact) mass is 288 g/mol. The van der Waals surface area contributed by atoms with Gasteiger partial charge in [0.2, 0.25) is 0 Å². The zero-order valence-electron chi connectivity index (χ0n) is 14.6. The first kappa shape index (κ1) is 17.9. The Morgan fingerprint density at radius 1 is 1.24 bits per heavy atom. The summed E-state index contributed by atoms with van der Waals surface area (Å²) >= 11 is 0. The van der Waals surface area contributed by atoms with Crippen molar-refractivity contribution in [3.05, 3.63) is 46.5 Å². The number of benzene rings is 1. The van der Waals surface area contributed by atoms with Gasteiger partial charge in [0.25, 0.3) is 0 Å². The number of nitrogens with two attached hydrogens (primary N) is 1. The van der Waals surface area contributed by atoms with Crippen LogP contribution in [0.1, 0.15) is 62.8 Å². The molecule has 0 radical (unpaired) electrons. The van der Waals surface area contributed by atoms with Gasteiger partial charge in [-0.1, -0.05) is 52.0 Å². The van der Waals surface area contributed by atoms with Gasteiger partial charge < -0.3 is 0 Å². The van der Waals surface area contributed by atoms with E-state index in [1.54, 1.807) is 0 Å². The summed E-state index contributed by atoms with van der Waals surface area (Å²) in [5.41, 5.74) is 9.93. The largest absolute Gasteiger partial charge is 0.271 e. The Morgan fingerprint density at radius 3 is 2.14 bits per heavy atom. The third-order valence-electron chi connectivity index (χ3n) is 4.28. The highest BCUT2D eigenvalue weighted by Crippen LogP contribution is 2.28. The molecule has 2 nitrogen and oxygen atoms in total. The molecule has 0 aromatic heterocycles. The molecule has 3 N–H and O–H groups in total. The van der Waals surface area contributed by atoms with Crippen molar-refractivity contribution < 1.29 is 0 Å². The van der Waals surface area contributed by atoms with Crippen LogP contribution in [0.5, 0.6) is 0 Å². The lowest BCUT2D eigenvalue weighted by atomic mass is 9.82. The summed E-state index contributed by atoms with van der Waals surface area (Å²) in [6.45, 7) is 17.4. The maximum Gasteiger partial charge on any atom is 0.0288 e. The van der Waals surface area contributed by atoms with Gasteiger partial charge in [0.1, 0.15) is 0 Å². The summed E-state index contributed by atoms with van der Waals surface area (Å²) in [7, 11) is 0. The van der Waals surface area contributed by atoms with E-state index in [1.807, 2.05) is 0 Å². The van der Waals surface area contributed by atoms with Crippen LogP contribution >= 0.6 is 0 Å². The minimum Gasteiger partial charge on any atom is -0.271 e. The van der Waals surface area contributed by atoms with Crippen LogP contribution in [0.25, 0.3) is 0 Å². The number of aryl methyl sites for hydroxylation is 2. The topological polar surface area (TPSA) is 38.0 Å². The van der Waals surface area contributed by atoms with E-state index in [4.69, 9.17) is 5.84 Å². The van der Waals surface area contributed by atoms with Crippen LogP contribution in [0.3, 0.4) is 0 Å². The first-order chi connectivity index (χ1) is 9.68. The van der Waals surface area contributed by atoms with Crippen molar-refractivity contribution in [1.82, 2.24) is 5.43 Å². The van der Waals surface area contributed by atoms with Gasteiger partial charge in [-0.05, 0) is 60.8 Å². The van der Waals surface area contributed by atoms with E-state index in [0.29, 0.717) is 0 Å². The van der Waals surface area contributed by atoms with Crippen LogP contribution in [-0.4, -0.2) is 6.04 Å². The van der Waals surface area contributed by atoms with E-state index in [1.165, 1.54) is 27.8 Å². The maximum atomic E-state index is 5.73. The van der Waals surface area contributed by atoms with E-state index in [9.17, 15) is 0 Å². The van der Waals surface area contributed by atoms with Gasteiger partial charge in [-0.3, -0.25) is 11.3 Å². The molecule has 21 heavy (non-hydrogen) atoms. The van der Waals surface area contributed by atoms with Crippen molar-refractivity contribution >= 4 is 0 Å². The molecule has 0 aliphatic carbocycles.